The van der Waals surface area contributed by atoms with Gasteiger partial charge in [-0.3, -0.25) is 0 Å². The van der Waals surface area contributed by atoms with E-state index in [0.29, 0.717) is 11.7 Å². The summed E-state index contributed by atoms with van der Waals surface area (Å²) < 4.78 is 0. The average molecular weight is 251 g/mol. The van der Waals surface area contributed by atoms with Crippen molar-refractivity contribution in [1.82, 2.24) is 0 Å². The molecular weight excluding hydrogens is 237 g/mol. The Labute approximate surface area is 86.6 Å². The number of aryl methyl sites for hydroxylation is 1. The molecule has 1 rings (SSSR count). The summed E-state index contributed by atoms with van der Waals surface area (Å²) in [5.74, 6) is 0.815. The zero-order chi connectivity index (χ0) is 8.43. The number of benzene rings is 1. The van der Waals surface area contributed by atoms with Gasteiger partial charge in [0, 0.05) is 19.5 Å². The summed E-state index contributed by atoms with van der Waals surface area (Å²) in [7, 11) is 0. The van der Waals surface area contributed by atoms with Crippen LogP contribution in [0.25, 0.3) is 0 Å². The van der Waals surface area contributed by atoms with Gasteiger partial charge >= 0.3 is 0 Å². The van der Waals surface area contributed by atoms with Crippen LogP contribution in [0.3, 0.4) is 0 Å². The molecule has 0 fully saturated rings. The van der Waals surface area contributed by atoms with Crippen LogP contribution >= 0.6 is 0 Å². The van der Waals surface area contributed by atoms with Crippen LogP contribution in [0.15, 0.2) is 18.2 Å². The van der Waals surface area contributed by atoms with Gasteiger partial charge in [0.05, 0.1) is 0 Å². The molecule has 0 saturated carbocycles. The molecule has 1 N–H and O–H groups in total. The Kier molecular flexibility index (Phi) is 4.48. The number of phenols is 1. The minimum Gasteiger partial charge on any atom is -0.508 e. The molecule has 0 unspecified atom stereocenters. The fourth-order valence-corrected chi connectivity index (χ4v) is 1.14. The molecule has 0 aliphatic heterocycles. The molecule has 0 amide bonds. The smallest absolute Gasteiger partial charge is 0.119 e. The second kappa shape index (κ2) is 4.62. The SMILES string of the molecule is Cc1ccc(C(C)C)c(O)c1.[Ru]. The summed E-state index contributed by atoms with van der Waals surface area (Å²) in [6.07, 6.45) is 0. The Morgan fingerprint density at radius 2 is 1.83 bits per heavy atom. The molecule has 0 bridgehead atoms. The summed E-state index contributed by atoms with van der Waals surface area (Å²) >= 11 is 0. The van der Waals surface area contributed by atoms with Crippen LogP contribution in [-0.2, 0) is 19.5 Å². The Hall–Kier alpha value is -0.357. The van der Waals surface area contributed by atoms with Crippen molar-refractivity contribution in [2.75, 3.05) is 0 Å². The molecule has 1 nitrogen and oxygen atoms in total. The van der Waals surface area contributed by atoms with Crippen LogP contribution in [-0.4, -0.2) is 5.11 Å². The van der Waals surface area contributed by atoms with Crippen molar-refractivity contribution < 1.29 is 24.6 Å². The van der Waals surface area contributed by atoms with Gasteiger partial charge in [0.1, 0.15) is 5.75 Å². The largest absolute Gasteiger partial charge is 0.508 e. The van der Waals surface area contributed by atoms with E-state index in [1.807, 2.05) is 19.1 Å². The van der Waals surface area contributed by atoms with Crippen molar-refractivity contribution in [3.63, 3.8) is 0 Å². The van der Waals surface area contributed by atoms with Crippen molar-refractivity contribution in [1.29, 1.82) is 0 Å². The first kappa shape index (κ1) is 11.6. The van der Waals surface area contributed by atoms with Crippen molar-refractivity contribution in [3.8, 4) is 5.75 Å². The van der Waals surface area contributed by atoms with Gasteiger partial charge in [-0.2, -0.15) is 0 Å². The van der Waals surface area contributed by atoms with Gasteiger partial charge in [-0.05, 0) is 30.0 Å². The van der Waals surface area contributed by atoms with Crippen LogP contribution < -0.4 is 0 Å². The third kappa shape index (κ3) is 2.60. The maximum absolute atomic E-state index is 9.46. The fraction of sp³-hybridized carbons (Fsp3) is 0.400. The van der Waals surface area contributed by atoms with Crippen LogP contribution in [0.1, 0.15) is 30.9 Å². The van der Waals surface area contributed by atoms with Crippen molar-refractivity contribution in [3.05, 3.63) is 29.3 Å². The molecule has 12 heavy (non-hydrogen) atoms. The molecular formula is C10H14ORu. The molecule has 0 aromatic heterocycles. The summed E-state index contributed by atoms with van der Waals surface area (Å²) in [6.45, 7) is 6.12. The maximum Gasteiger partial charge on any atom is 0.119 e. The summed E-state index contributed by atoms with van der Waals surface area (Å²) in [5.41, 5.74) is 2.13. The molecule has 68 valence electrons. The second-order valence-corrected chi connectivity index (χ2v) is 3.22. The number of phenolic OH excluding ortho intramolecular Hbond substituents is 1. The van der Waals surface area contributed by atoms with E-state index in [2.05, 4.69) is 13.8 Å². The van der Waals surface area contributed by atoms with Crippen LogP contribution in [0, 0.1) is 6.92 Å². The monoisotopic (exact) mass is 252 g/mol. The van der Waals surface area contributed by atoms with E-state index in [1.54, 1.807) is 6.07 Å². The van der Waals surface area contributed by atoms with Crippen LogP contribution in [0.5, 0.6) is 5.75 Å². The molecule has 0 atom stereocenters. The Morgan fingerprint density at radius 3 is 2.25 bits per heavy atom. The van der Waals surface area contributed by atoms with Crippen LogP contribution in [0.2, 0.25) is 0 Å². The number of hydrogen-bond donors (Lipinski definition) is 1. The van der Waals surface area contributed by atoms with E-state index in [9.17, 15) is 5.11 Å². The van der Waals surface area contributed by atoms with Crippen molar-refractivity contribution in [2.45, 2.75) is 26.7 Å². The quantitative estimate of drug-likeness (QED) is 0.761. The molecule has 0 aliphatic carbocycles. The number of rotatable bonds is 1. The van der Waals surface area contributed by atoms with E-state index in [0.717, 1.165) is 11.1 Å². The zero-order valence-electron chi connectivity index (χ0n) is 7.61. The molecule has 1 aromatic rings. The van der Waals surface area contributed by atoms with E-state index >= 15 is 0 Å². The Morgan fingerprint density at radius 1 is 1.25 bits per heavy atom. The number of hydrogen-bond acceptors (Lipinski definition) is 1. The van der Waals surface area contributed by atoms with Crippen molar-refractivity contribution in [2.24, 2.45) is 0 Å². The second-order valence-electron chi connectivity index (χ2n) is 3.22. The minimum absolute atomic E-state index is 0. The van der Waals surface area contributed by atoms with Crippen LogP contribution in [0.4, 0.5) is 0 Å². The van der Waals surface area contributed by atoms with E-state index in [1.165, 1.54) is 0 Å². The first-order valence-corrected chi connectivity index (χ1v) is 3.91. The summed E-state index contributed by atoms with van der Waals surface area (Å²) in [5, 5.41) is 9.46. The van der Waals surface area contributed by atoms with Gasteiger partial charge in [0.25, 0.3) is 0 Å². The standard InChI is InChI=1S/C10H14O.Ru/c1-7(2)9-5-4-8(3)6-10(9)11;/h4-7,11H,1-3H3;. The summed E-state index contributed by atoms with van der Waals surface area (Å²) in [6, 6.07) is 5.81. The predicted molar refractivity (Wildman–Crippen MR) is 46.9 cm³/mol. The van der Waals surface area contributed by atoms with Gasteiger partial charge in [0.15, 0.2) is 0 Å². The van der Waals surface area contributed by atoms with Crippen molar-refractivity contribution >= 4 is 0 Å². The van der Waals surface area contributed by atoms with Gasteiger partial charge < -0.3 is 5.11 Å². The van der Waals surface area contributed by atoms with E-state index < -0.39 is 0 Å². The molecule has 0 heterocycles. The topological polar surface area (TPSA) is 20.2 Å². The molecule has 0 aliphatic rings. The molecule has 2 heteroatoms. The first-order chi connectivity index (χ1) is 5.11. The average Bonchev–Trinajstić information content (AvgIpc) is 1.85. The third-order valence-corrected chi connectivity index (χ3v) is 1.81. The van der Waals surface area contributed by atoms with Gasteiger partial charge in [0.2, 0.25) is 0 Å². The normalized spacial score (nSPS) is 9.67. The zero-order valence-corrected chi connectivity index (χ0v) is 9.35. The minimum atomic E-state index is 0. The maximum atomic E-state index is 9.46. The number of aromatic hydroxyl groups is 1. The first-order valence-electron chi connectivity index (χ1n) is 3.91. The molecule has 1 aromatic carbocycles. The molecule has 0 spiro atoms. The Balaban J connectivity index is 0.00000121. The fourth-order valence-electron chi connectivity index (χ4n) is 1.14. The van der Waals surface area contributed by atoms with Gasteiger partial charge in [-0.25, -0.2) is 0 Å². The van der Waals surface area contributed by atoms with Gasteiger partial charge in [-0.15, -0.1) is 0 Å². The third-order valence-electron chi connectivity index (χ3n) is 1.81. The van der Waals surface area contributed by atoms with E-state index in [-0.39, 0.29) is 19.5 Å². The van der Waals surface area contributed by atoms with E-state index in [4.69, 9.17) is 0 Å². The molecule has 0 saturated heterocycles. The Bertz CT molecular complexity index is 256. The molecule has 0 radical (unpaired) electrons. The summed E-state index contributed by atoms with van der Waals surface area (Å²) in [4.78, 5) is 0. The predicted octanol–water partition coefficient (Wildman–Crippen LogP) is 2.82. The van der Waals surface area contributed by atoms with Gasteiger partial charge in [-0.1, -0.05) is 26.0 Å².